The molecular formula is C10H9BrF2O3. The van der Waals surface area contributed by atoms with E-state index in [1.54, 1.807) is 0 Å². The molecule has 0 saturated carbocycles. The quantitative estimate of drug-likeness (QED) is 0.782. The van der Waals surface area contributed by atoms with Crippen molar-refractivity contribution in [1.29, 1.82) is 0 Å². The van der Waals surface area contributed by atoms with E-state index in [-0.39, 0.29) is 24.7 Å². The molecule has 0 aliphatic carbocycles. The van der Waals surface area contributed by atoms with E-state index in [4.69, 9.17) is 4.74 Å². The lowest BCUT2D eigenvalue weighted by molar-refractivity contribution is -0.124. The summed E-state index contributed by atoms with van der Waals surface area (Å²) in [7, 11) is 1.36. The molecule has 0 aliphatic rings. The summed E-state index contributed by atoms with van der Waals surface area (Å²) >= 11 is 2.99. The topological polar surface area (TPSA) is 35.5 Å². The summed E-state index contributed by atoms with van der Waals surface area (Å²) in [5.41, 5.74) is 0. The molecule has 0 amide bonds. The van der Waals surface area contributed by atoms with Crippen LogP contribution in [-0.4, -0.2) is 26.1 Å². The fourth-order valence-electron chi connectivity index (χ4n) is 0.998. The van der Waals surface area contributed by atoms with Crippen molar-refractivity contribution in [1.82, 2.24) is 0 Å². The second-order valence-corrected chi connectivity index (χ2v) is 3.88. The number of ether oxygens (including phenoxy) is 2. The maximum absolute atomic E-state index is 13.2. The van der Waals surface area contributed by atoms with Crippen LogP contribution in [0.1, 0.15) is 0 Å². The predicted molar refractivity (Wildman–Crippen MR) is 56.4 cm³/mol. The van der Waals surface area contributed by atoms with Crippen molar-refractivity contribution < 1.29 is 23.0 Å². The summed E-state index contributed by atoms with van der Waals surface area (Å²) in [4.78, 5) is 11.0. The molecule has 0 bridgehead atoms. The van der Waals surface area contributed by atoms with Gasteiger partial charge in [0, 0.05) is 11.6 Å². The first-order valence-electron chi connectivity index (χ1n) is 4.32. The molecule has 0 radical (unpaired) electrons. The van der Waals surface area contributed by atoms with Gasteiger partial charge in [-0.1, -0.05) is 15.9 Å². The number of rotatable bonds is 5. The van der Waals surface area contributed by atoms with Gasteiger partial charge in [0.1, 0.15) is 13.2 Å². The van der Waals surface area contributed by atoms with E-state index in [0.717, 1.165) is 6.07 Å². The largest absolute Gasteiger partial charge is 0.483 e. The SMILES string of the molecule is COCC(=O)COc1cc(Br)cc(F)c1F. The van der Waals surface area contributed by atoms with E-state index >= 15 is 0 Å². The summed E-state index contributed by atoms with van der Waals surface area (Å²) in [6.45, 7) is -0.487. The fraction of sp³-hybridized carbons (Fsp3) is 0.300. The Bertz CT molecular complexity index is 396. The lowest BCUT2D eigenvalue weighted by Crippen LogP contribution is -2.16. The van der Waals surface area contributed by atoms with Gasteiger partial charge in [-0.25, -0.2) is 4.39 Å². The molecule has 3 nitrogen and oxygen atoms in total. The second-order valence-electron chi connectivity index (χ2n) is 2.96. The summed E-state index contributed by atoms with van der Waals surface area (Å²) in [6.07, 6.45) is 0. The van der Waals surface area contributed by atoms with Gasteiger partial charge in [0.2, 0.25) is 5.82 Å². The standard InChI is InChI=1S/C10H9BrF2O3/c1-15-4-7(14)5-16-9-3-6(11)2-8(12)10(9)13/h2-3H,4-5H2,1H3. The van der Waals surface area contributed by atoms with Gasteiger partial charge in [0.25, 0.3) is 0 Å². The van der Waals surface area contributed by atoms with E-state index in [1.165, 1.54) is 13.2 Å². The normalized spacial score (nSPS) is 10.2. The summed E-state index contributed by atoms with van der Waals surface area (Å²) in [5, 5.41) is 0. The number of carbonyl (C=O) groups is 1. The average Bonchev–Trinajstić information content (AvgIpc) is 2.21. The van der Waals surface area contributed by atoms with Gasteiger partial charge in [-0.05, 0) is 12.1 Å². The van der Waals surface area contributed by atoms with Crippen LogP contribution in [0.5, 0.6) is 5.75 Å². The highest BCUT2D eigenvalue weighted by atomic mass is 79.9. The molecule has 0 aromatic heterocycles. The molecule has 88 valence electrons. The number of Topliss-reactive ketones (excluding diaryl/α,β-unsaturated/α-hetero) is 1. The Kier molecular flexibility index (Phi) is 4.82. The monoisotopic (exact) mass is 294 g/mol. The Morgan fingerprint density at radius 2 is 2.06 bits per heavy atom. The van der Waals surface area contributed by atoms with Crippen molar-refractivity contribution in [2.75, 3.05) is 20.3 Å². The first-order chi connectivity index (χ1) is 7.54. The summed E-state index contributed by atoms with van der Waals surface area (Å²) in [6, 6.07) is 2.22. The van der Waals surface area contributed by atoms with Crippen molar-refractivity contribution in [3.8, 4) is 5.75 Å². The molecule has 0 atom stereocenters. The molecule has 0 spiro atoms. The zero-order chi connectivity index (χ0) is 12.1. The van der Waals surface area contributed by atoms with E-state index in [1.807, 2.05) is 0 Å². The van der Waals surface area contributed by atoms with Gasteiger partial charge in [-0.15, -0.1) is 0 Å². The van der Waals surface area contributed by atoms with E-state index in [0.29, 0.717) is 4.47 Å². The van der Waals surface area contributed by atoms with Crippen LogP contribution < -0.4 is 4.74 Å². The third-order valence-electron chi connectivity index (χ3n) is 1.65. The van der Waals surface area contributed by atoms with Crippen molar-refractivity contribution in [3.05, 3.63) is 28.2 Å². The van der Waals surface area contributed by atoms with Gasteiger partial charge in [-0.3, -0.25) is 4.79 Å². The van der Waals surface area contributed by atoms with Crippen LogP contribution in [0.25, 0.3) is 0 Å². The minimum Gasteiger partial charge on any atom is -0.483 e. The van der Waals surface area contributed by atoms with Gasteiger partial charge in [-0.2, -0.15) is 4.39 Å². The third-order valence-corrected chi connectivity index (χ3v) is 2.11. The molecule has 16 heavy (non-hydrogen) atoms. The number of hydrogen-bond donors (Lipinski definition) is 0. The first-order valence-corrected chi connectivity index (χ1v) is 5.12. The number of benzene rings is 1. The molecular weight excluding hydrogens is 286 g/mol. The van der Waals surface area contributed by atoms with Crippen LogP contribution >= 0.6 is 15.9 Å². The molecule has 0 heterocycles. The second kappa shape index (κ2) is 5.91. The van der Waals surface area contributed by atoms with Gasteiger partial charge >= 0.3 is 0 Å². The Labute approximate surface area is 99.5 Å². The highest BCUT2D eigenvalue weighted by molar-refractivity contribution is 9.10. The van der Waals surface area contributed by atoms with Crippen LogP contribution in [0.15, 0.2) is 16.6 Å². The molecule has 1 rings (SSSR count). The predicted octanol–water partition coefficient (Wildman–Crippen LogP) is 2.32. The Balaban J connectivity index is 2.70. The highest BCUT2D eigenvalue weighted by Crippen LogP contribution is 2.25. The molecule has 1 aromatic carbocycles. The summed E-state index contributed by atoms with van der Waals surface area (Å²) < 4.78 is 35.8. The van der Waals surface area contributed by atoms with E-state index in [2.05, 4.69) is 20.7 Å². The fourth-order valence-corrected chi connectivity index (χ4v) is 1.41. The number of carbonyl (C=O) groups excluding carboxylic acids is 1. The number of methoxy groups -OCH3 is 1. The molecule has 0 saturated heterocycles. The molecule has 0 unspecified atom stereocenters. The minimum atomic E-state index is -1.12. The number of halogens is 3. The Hall–Kier alpha value is -1.01. The first kappa shape index (κ1) is 13.1. The average molecular weight is 295 g/mol. The van der Waals surface area contributed by atoms with Crippen LogP contribution in [-0.2, 0) is 9.53 Å². The van der Waals surface area contributed by atoms with Crippen LogP contribution in [0.4, 0.5) is 8.78 Å². The smallest absolute Gasteiger partial charge is 0.200 e. The lowest BCUT2D eigenvalue weighted by atomic mass is 10.3. The van der Waals surface area contributed by atoms with Crippen LogP contribution in [0, 0.1) is 11.6 Å². The van der Waals surface area contributed by atoms with Crippen molar-refractivity contribution in [2.45, 2.75) is 0 Å². The molecule has 0 N–H and O–H groups in total. The molecule has 0 aliphatic heterocycles. The van der Waals surface area contributed by atoms with Gasteiger partial charge < -0.3 is 9.47 Å². The van der Waals surface area contributed by atoms with Crippen LogP contribution in [0.3, 0.4) is 0 Å². The molecule has 0 fully saturated rings. The zero-order valence-corrected chi connectivity index (χ0v) is 10.0. The number of ketones is 1. The minimum absolute atomic E-state index is 0.127. The lowest BCUT2D eigenvalue weighted by Gasteiger charge is -2.07. The number of hydrogen-bond acceptors (Lipinski definition) is 3. The van der Waals surface area contributed by atoms with Gasteiger partial charge in [0.15, 0.2) is 17.3 Å². The van der Waals surface area contributed by atoms with Crippen molar-refractivity contribution in [3.63, 3.8) is 0 Å². The molecule has 6 heteroatoms. The Morgan fingerprint density at radius 1 is 1.38 bits per heavy atom. The van der Waals surface area contributed by atoms with Crippen LogP contribution in [0.2, 0.25) is 0 Å². The maximum atomic E-state index is 13.2. The van der Waals surface area contributed by atoms with E-state index in [9.17, 15) is 13.6 Å². The molecule has 1 aromatic rings. The summed E-state index contributed by atoms with van der Waals surface area (Å²) in [5.74, 6) is -2.82. The van der Waals surface area contributed by atoms with Crippen molar-refractivity contribution in [2.24, 2.45) is 0 Å². The maximum Gasteiger partial charge on any atom is 0.200 e. The Morgan fingerprint density at radius 3 is 2.69 bits per heavy atom. The van der Waals surface area contributed by atoms with E-state index < -0.39 is 11.6 Å². The third kappa shape index (κ3) is 3.53. The van der Waals surface area contributed by atoms with Crippen molar-refractivity contribution >= 4 is 21.7 Å². The zero-order valence-electron chi connectivity index (χ0n) is 8.43. The van der Waals surface area contributed by atoms with Gasteiger partial charge in [0.05, 0.1) is 0 Å². The highest BCUT2D eigenvalue weighted by Gasteiger charge is 2.12.